The molecule has 0 saturated carbocycles. The Labute approximate surface area is 198 Å². The van der Waals surface area contributed by atoms with Crippen LogP contribution in [0.25, 0.3) is 11.2 Å². The molecule has 0 spiro atoms. The number of aromatic nitrogens is 4. The van der Waals surface area contributed by atoms with Crippen LogP contribution in [0.2, 0.25) is 0 Å². The van der Waals surface area contributed by atoms with Gasteiger partial charge >= 0.3 is 0 Å². The molecule has 1 saturated heterocycles. The molecule has 3 aromatic rings. The Morgan fingerprint density at radius 1 is 1.00 bits per heavy atom. The van der Waals surface area contributed by atoms with Gasteiger partial charge in [0.05, 0.1) is 12.5 Å². The Morgan fingerprint density at radius 3 is 2.50 bits per heavy atom. The van der Waals surface area contributed by atoms with Gasteiger partial charge < -0.3 is 29.9 Å². The average molecular weight is 487 g/mol. The van der Waals surface area contributed by atoms with Crippen molar-refractivity contribution in [1.82, 2.24) is 24.4 Å². The van der Waals surface area contributed by atoms with Crippen LogP contribution >= 0.6 is 24.8 Å². The third-order valence-electron chi connectivity index (χ3n) is 5.17. The fourth-order valence-corrected chi connectivity index (χ4v) is 3.68. The van der Waals surface area contributed by atoms with Crippen LogP contribution in [0.5, 0.6) is 11.5 Å². The molecular formula is C20H28Cl2N6O4. The molecule has 0 amide bonds. The van der Waals surface area contributed by atoms with Gasteiger partial charge in [-0.3, -0.25) is 4.90 Å². The van der Waals surface area contributed by atoms with E-state index < -0.39 is 0 Å². The minimum absolute atomic E-state index is 0. The van der Waals surface area contributed by atoms with Crippen molar-refractivity contribution in [3.8, 4) is 11.5 Å². The molecular weight excluding hydrogens is 459 g/mol. The lowest BCUT2D eigenvalue weighted by Crippen LogP contribution is -2.46. The maximum atomic E-state index is 5.48. The number of imidazole rings is 1. The van der Waals surface area contributed by atoms with Crippen LogP contribution in [0.3, 0.4) is 0 Å². The van der Waals surface area contributed by atoms with Gasteiger partial charge in [-0.05, 0) is 17.7 Å². The topological polar surface area (TPSA) is 132 Å². The molecule has 1 aromatic carbocycles. The summed E-state index contributed by atoms with van der Waals surface area (Å²) in [5.41, 5.74) is 2.91. The number of rotatable bonds is 5. The molecule has 0 atom stereocenters. The van der Waals surface area contributed by atoms with Crippen molar-refractivity contribution >= 4 is 41.9 Å². The summed E-state index contributed by atoms with van der Waals surface area (Å²) in [5, 5.41) is 0. The van der Waals surface area contributed by atoms with Gasteiger partial charge in [-0.25, -0.2) is 9.97 Å². The molecule has 2 aliphatic heterocycles. The van der Waals surface area contributed by atoms with Gasteiger partial charge in [0.15, 0.2) is 17.1 Å². The first-order valence-corrected chi connectivity index (χ1v) is 9.45. The standard InChI is InChI=1S/C20H22N6O2.2ClH.2H2O/c1-2-5-26-13-22-16-11-21-20(23-19(16)26)25-8-6-24(7-9-25)12-15-3-4-17-18(10-15)28-14-27-17;;;;/h2-4,10-11,13H,1,5-9,12,14H2;2*1H;2*1H2. The maximum Gasteiger partial charge on any atom is 0.231 e. The predicted octanol–water partition coefficient (Wildman–Crippen LogP) is 1.26. The Balaban J connectivity index is 0.00000128. The second kappa shape index (κ2) is 11.8. The second-order valence-electron chi connectivity index (χ2n) is 7.02. The van der Waals surface area contributed by atoms with Crippen molar-refractivity contribution in [3.05, 3.63) is 48.9 Å². The minimum Gasteiger partial charge on any atom is -0.454 e. The van der Waals surface area contributed by atoms with Crippen LogP contribution < -0.4 is 14.4 Å². The first kappa shape index (κ1) is 27.4. The normalized spacial score (nSPS) is 14.6. The number of allylic oxidation sites excluding steroid dienone is 1. The number of piperazine rings is 1. The summed E-state index contributed by atoms with van der Waals surface area (Å²) in [6.45, 7) is 9.41. The highest BCUT2D eigenvalue weighted by atomic mass is 35.5. The third kappa shape index (κ3) is 5.40. The summed E-state index contributed by atoms with van der Waals surface area (Å²) in [6.07, 6.45) is 5.43. The SMILES string of the molecule is C=CCn1cnc2cnc(N3CCN(Cc4ccc5c(c4)OCO5)CC3)nc21.Cl.Cl.O.O. The molecule has 4 N–H and O–H groups in total. The van der Waals surface area contributed by atoms with Crippen LogP contribution in [0.1, 0.15) is 5.56 Å². The van der Waals surface area contributed by atoms with Crippen LogP contribution in [-0.4, -0.2) is 68.3 Å². The van der Waals surface area contributed by atoms with Crippen LogP contribution in [0.15, 0.2) is 43.4 Å². The molecule has 0 bridgehead atoms. The highest BCUT2D eigenvalue weighted by Crippen LogP contribution is 2.32. The number of halogens is 2. The minimum atomic E-state index is 0. The molecule has 10 nitrogen and oxygen atoms in total. The van der Waals surface area contributed by atoms with Gasteiger partial charge in [0.2, 0.25) is 12.7 Å². The van der Waals surface area contributed by atoms with E-state index in [1.807, 2.05) is 16.7 Å². The highest BCUT2D eigenvalue weighted by molar-refractivity contribution is 5.85. The Hall–Kier alpha value is -2.63. The van der Waals surface area contributed by atoms with E-state index >= 15 is 0 Å². The largest absolute Gasteiger partial charge is 0.454 e. The number of benzene rings is 1. The quantitative estimate of drug-likeness (QED) is 0.495. The molecule has 176 valence electrons. The summed E-state index contributed by atoms with van der Waals surface area (Å²) >= 11 is 0. The fourth-order valence-electron chi connectivity index (χ4n) is 3.68. The van der Waals surface area contributed by atoms with Crippen molar-refractivity contribution in [2.45, 2.75) is 13.1 Å². The highest BCUT2D eigenvalue weighted by Gasteiger charge is 2.21. The Kier molecular flexibility index (Phi) is 10.1. The van der Waals surface area contributed by atoms with E-state index in [9.17, 15) is 0 Å². The summed E-state index contributed by atoms with van der Waals surface area (Å²) in [4.78, 5) is 18.3. The van der Waals surface area contributed by atoms with Crippen molar-refractivity contribution < 1.29 is 20.4 Å². The number of hydrogen-bond donors (Lipinski definition) is 0. The number of anilines is 1. The summed E-state index contributed by atoms with van der Waals surface area (Å²) in [7, 11) is 0. The summed E-state index contributed by atoms with van der Waals surface area (Å²) < 4.78 is 12.9. The lowest BCUT2D eigenvalue weighted by atomic mass is 10.1. The van der Waals surface area contributed by atoms with Crippen molar-refractivity contribution in [3.63, 3.8) is 0 Å². The summed E-state index contributed by atoms with van der Waals surface area (Å²) in [5.74, 6) is 2.44. The molecule has 0 radical (unpaired) electrons. The van der Waals surface area contributed by atoms with Crippen LogP contribution in [-0.2, 0) is 13.1 Å². The first-order chi connectivity index (χ1) is 13.8. The van der Waals surface area contributed by atoms with Gasteiger partial charge in [0, 0.05) is 39.3 Å². The van der Waals surface area contributed by atoms with Gasteiger partial charge in [-0.15, -0.1) is 31.4 Å². The lowest BCUT2D eigenvalue weighted by Gasteiger charge is -2.34. The maximum absolute atomic E-state index is 5.48. The molecule has 4 heterocycles. The molecule has 0 aliphatic carbocycles. The van der Waals surface area contributed by atoms with E-state index in [0.29, 0.717) is 13.3 Å². The molecule has 5 rings (SSSR count). The van der Waals surface area contributed by atoms with E-state index in [1.54, 1.807) is 12.5 Å². The molecule has 2 aromatic heterocycles. The van der Waals surface area contributed by atoms with E-state index in [2.05, 4.69) is 38.5 Å². The number of fused-ring (bicyclic) bond motifs is 2. The van der Waals surface area contributed by atoms with E-state index in [1.165, 1.54) is 5.56 Å². The van der Waals surface area contributed by atoms with E-state index in [-0.39, 0.29) is 35.8 Å². The zero-order chi connectivity index (χ0) is 18.9. The first-order valence-electron chi connectivity index (χ1n) is 9.45. The number of hydrogen-bond acceptors (Lipinski definition) is 7. The molecule has 2 aliphatic rings. The lowest BCUT2D eigenvalue weighted by molar-refractivity contribution is 0.174. The third-order valence-corrected chi connectivity index (χ3v) is 5.17. The van der Waals surface area contributed by atoms with Crippen LogP contribution in [0, 0.1) is 0 Å². The average Bonchev–Trinajstić information content (AvgIpc) is 3.35. The number of nitrogens with zero attached hydrogens (tertiary/aromatic N) is 6. The van der Waals surface area contributed by atoms with Gasteiger partial charge in [-0.2, -0.15) is 4.98 Å². The van der Waals surface area contributed by atoms with Gasteiger partial charge in [0.25, 0.3) is 0 Å². The smallest absolute Gasteiger partial charge is 0.231 e. The molecule has 12 heteroatoms. The number of ether oxygens (including phenoxy) is 2. The van der Waals surface area contributed by atoms with Crippen molar-refractivity contribution in [1.29, 1.82) is 0 Å². The Bertz CT molecular complexity index is 1030. The molecule has 1 fully saturated rings. The van der Waals surface area contributed by atoms with E-state index in [4.69, 9.17) is 14.5 Å². The van der Waals surface area contributed by atoms with Crippen LogP contribution in [0.4, 0.5) is 5.95 Å². The monoisotopic (exact) mass is 486 g/mol. The Morgan fingerprint density at radius 2 is 1.75 bits per heavy atom. The molecule has 0 unspecified atom stereocenters. The van der Waals surface area contributed by atoms with Gasteiger partial charge in [0.1, 0.15) is 5.52 Å². The van der Waals surface area contributed by atoms with E-state index in [0.717, 1.165) is 61.3 Å². The molecule has 32 heavy (non-hydrogen) atoms. The van der Waals surface area contributed by atoms with Crippen molar-refractivity contribution in [2.24, 2.45) is 0 Å². The van der Waals surface area contributed by atoms with Crippen molar-refractivity contribution in [2.75, 3.05) is 37.9 Å². The fraction of sp³-hybridized carbons (Fsp3) is 0.350. The second-order valence-corrected chi connectivity index (χ2v) is 7.02. The zero-order valence-electron chi connectivity index (χ0n) is 17.4. The van der Waals surface area contributed by atoms with Gasteiger partial charge in [-0.1, -0.05) is 12.1 Å². The summed E-state index contributed by atoms with van der Waals surface area (Å²) in [6, 6.07) is 6.17. The zero-order valence-corrected chi connectivity index (χ0v) is 19.1. The predicted molar refractivity (Wildman–Crippen MR) is 127 cm³/mol.